The summed E-state index contributed by atoms with van der Waals surface area (Å²) in [6.07, 6.45) is 3.66. The van der Waals surface area contributed by atoms with Gasteiger partial charge in [0.25, 0.3) is 5.82 Å². The van der Waals surface area contributed by atoms with E-state index in [1.165, 1.54) is 0 Å². The van der Waals surface area contributed by atoms with Crippen LogP contribution in [0.1, 0.15) is 35.4 Å². The lowest BCUT2D eigenvalue weighted by Gasteiger charge is -2.03. The number of carbonyl (C=O) groups excluding carboxylic acids is 1. The second kappa shape index (κ2) is 8.07. The molecule has 0 N–H and O–H groups in total. The molecule has 0 radical (unpaired) electrons. The van der Waals surface area contributed by atoms with Gasteiger partial charge in [0.1, 0.15) is 0 Å². The second-order valence-corrected chi connectivity index (χ2v) is 7.06. The number of hydrogen-bond donors (Lipinski definition) is 0. The lowest BCUT2D eigenvalue weighted by atomic mass is 10.1. The molecular weight excluding hydrogens is 438 g/mol. The maximum Gasteiger partial charge on any atom is 0.257 e. The van der Waals surface area contributed by atoms with E-state index in [1.54, 1.807) is 30.3 Å². The van der Waals surface area contributed by atoms with Crippen LogP contribution in [-0.2, 0) is 19.5 Å². The molecule has 0 atom stereocenters. The highest BCUT2D eigenvalue weighted by atomic mass is 79.9. The van der Waals surface area contributed by atoms with Crippen molar-refractivity contribution >= 4 is 28.4 Å². The lowest BCUT2D eigenvalue weighted by Crippen LogP contribution is -3.00. The standard InChI is InChI=1S/C20H18ClF2N2O.BrH/c21-14-7-5-13(6-8-14)17(26)12-25-16-10-9-15(22)19(23)20(16)24-11-3-1-2-4-18(24)25;/h5-10H,1-4,11-12H2;1H/q+1;/p-1. The number of carbonyl (C=O) groups is 1. The van der Waals surface area contributed by atoms with Gasteiger partial charge >= 0.3 is 0 Å². The average molecular weight is 456 g/mol. The van der Waals surface area contributed by atoms with E-state index in [0.717, 1.165) is 37.6 Å². The quantitative estimate of drug-likeness (QED) is 0.434. The third kappa shape index (κ3) is 3.65. The van der Waals surface area contributed by atoms with Crippen LogP contribution in [0.2, 0.25) is 5.02 Å². The molecule has 0 unspecified atom stereocenters. The smallest absolute Gasteiger partial charge is 0.257 e. The van der Waals surface area contributed by atoms with E-state index in [2.05, 4.69) is 0 Å². The molecule has 0 saturated carbocycles. The van der Waals surface area contributed by atoms with Crippen molar-refractivity contribution in [2.24, 2.45) is 0 Å². The average Bonchev–Trinajstić information content (AvgIpc) is 2.78. The number of halogens is 4. The number of hydrogen-bond acceptors (Lipinski definition) is 1. The van der Waals surface area contributed by atoms with Crippen LogP contribution < -0.4 is 21.5 Å². The fourth-order valence-corrected chi connectivity index (χ4v) is 3.83. The highest BCUT2D eigenvalue weighted by Crippen LogP contribution is 2.24. The van der Waals surface area contributed by atoms with Gasteiger partial charge in [-0.1, -0.05) is 11.6 Å². The number of aromatic nitrogens is 2. The zero-order valence-electron chi connectivity index (χ0n) is 14.5. The van der Waals surface area contributed by atoms with Gasteiger partial charge in [-0.05, 0) is 55.7 Å². The molecule has 3 nitrogen and oxygen atoms in total. The molecule has 0 amide bonds. The van der Waals surface area contributed by atoms with Crippen molar-refractivity contribution in [1.82, 2.24) is 4.57 Å². The Balaban J connectivity index is 0.00000210. The summed E-state index contributed by atoms with van der Waals surface area (Å²) in [5, 5.41) is 0.565. The molecule has 2 aromatic carbocycles. The second-order valence-electron chi connectivity index (χ2n) is 6.62. The molecular formula is C20H18BrClF2N2O. The number of rotatable bonds is 3. The maximum absolute atomic E-state index is 14.5. The maximum atomic E-state index is 14.5. The highest BCUT2D eigenvalue weighted by Gasteiger charge is 2.31. The molecule has 1 aliphatic heterocycles. The summed E-state index contributed by atoms with van der Waals surface area (Å²) in [4.78, 5) is 12.7. The summed E-state index contributed by atoms with van der Waals surface area (Å²) in [7, 11) is 0. The minimum Gasteiger partial charge on any atom is -1.00 e. The molecule has 3 aromatic rings. The van der Waals surface area contributed by atoms with Crippen LogP contribution >= 0.6 is 11.6 Å². The van der Waals surface area contributed by atoms with Crippen LogP contribution in [-0.4, -0.2) is 10.4 Å². The first-order valence-electron chi connectivity index (χ1n) is 8.74. The molecule has 0 spiro atoms. The van der Waals surface area contributed by atoms with Gasteiger partial charge in [0.15, 0.2) is 17.9 Å². The van der Waals surface area contributed by atoms with E-state index in [1.807, 2.05) is 9.13 Å². The first-order chi connectivity index (χ1) is 12.6. The molecule has 27 heavy (non-hydrogen) atoms. The van der Waals surface area contributed by atoms with Crippen molar-refractivity contribution in [1.29, 1.82) is 0 Å². The van der Waals surface area contributed by atoms with Crippen molar-refractivity contribution in [2.75, 3.05) is 0 Å². The van der Waals surface area contributed by atoms with Gasteiger partial charge < -0.3 is 17.0 Å². The normalized spacial score (nSPS) is 13.7. The molecule has 2 heterocycles. The Labute approximate surface area is 171 Å². The van der Waals surface area contributed by atoms with Gasteiger partial charge in [-0.2, -0.15) is 4.39 Å². The van der Waals surface area contributed by atoms with Crippen LogP contribution in [0.3, 0.4) is 0 Å². The third-order valence-electron chi connectivity index (χ3n) is 4.98. The highest BCUT2D eigenvalue weighted by molar-refractivity contribution is 6.30. The first kappa shape index (κ1) is 20.0. The summed E-state index contributed by atoms with van der Waals surface area (Å²) >= 11 is 5.89. The SMILES string of the molecule is O=C(Cn1c2[n+](c3c(F)c(F)ccc31)CCCCC2)c1ccc(Cl)cc1.[Br-]. The van der Waals surface area contributed by atoms with Crippen LogP contribution in [0, 0.1) is 11.6 Å². The van der Waals surface area contributed by atoms with Crippen LogP contribution in [0.15, 0.2) is 36.4 Å². The Bertz CT molecular complexity index is 1000. The number of fused-ring (bicyclic) bond motifs is 3. The number of imidazole rings is 1. The largest absolute Gasteiger partial charge is 1.00 e. The van der Waals surface area contributed by atoms with Crippen molar-refractivity contribution in [3.8, 4) is 0 Å². The molecule has 0 saturated heterocycles. The summed E-state index contributed by atoms with van der Waals surface area (Å²) in [6.45, 7) is 0.722. The molecule has 4 rings (SSSR count). The van der Waals surface area contributed by atoms with Gasteiger partial charge in [0, 0.05) is 17.0 Å². The van der Waals surface area contributed by atoms with Crippen molar-refractivity contribution in [3.05, 3.63) is 64.4 Å². The minimum atomic E-state index is -0.863. The number of nitrogens with zero attached hydrogens (tertiary/aromatic N) is 2. The lowest BCUT2D eigenvalue weighted by molar-refractivity contribution is -0.679. The summed E-state index contributed by atoms with van der Waals surface area (Å²) in [5.41, 5.74) is 1.36. The fourth-order valence-electron chi connectivity index (χ4n) is 3.71. The molecule has 0 fully saturated rings. The number of benzene rings is 2. The molecule has 0 bridgehead atoms. The topological polar surface area (TPSA) is 25.9 Å². The fraction of sp³-hybridized carbons (Fsp3) is 0.300. The Morgan fingerprint density at radius 1 is 1.07 bits per heavy atom. The van der Waals surface area contributed by atoms with Crippen molar-refractivity contribution in [3.63, 3.8) is 0 Å². The van der Waals surface area contributed by atoms with Gasteiger partial charge in [0.05, 0.1) is 6.54 Å². The number of ketones is 1. The monoisotopic (exact) mass is 454 g/mol. The van der Waals surface area contributed by atoms with E-state index >= 15 is 0 Å². The van der Waals surface area contributed by atoms with E-state index < -0.39 is 11.6 Å². The van der Waals surface area contributed by atoms with E-state index in [0.29, 0.717) is 22.6 Å². The number of aryl methyl sites for hydroxylation is 1. The molecule has 1 aliphatic rings. The van der Waals surface area contributed by atoms with Crippen LogP contribution in [0.5, 0.6) is 0 Å². The Morgan fingerprint density at radius 3 is 2.56 bits per heavy atom. The van der Waals surface area contributed by atoms with Crippen LogP contribution in [0.25, 0.3) is 11.0 Å². The third-order valence-corrected chi connectivity index (χ3v) is 5.23. The van der Waals surface area contributed by atoms with Crippen molar-refractivity contribution in [2.45, 2.75) is 38.8 Å². The Kier molecular flexibility index (Phi) is 5.96. The van der Waals surface area contributed by atoms with E-state index in [4.69, 9.17) is 11.6 Å². The van der Waals surface area contributed by atoms with Gasteiger partial charge in [0.2, 0.25) is 17.1 Å². The zero-order valence-corrected chi connectivity index (χ0v) is 16.9. The Morgan fingerprint density at radius 2 is 1.81 bits per heavy atom. The Hall–Kier alpha value is -1.79. The van der Waals surface area contributed by atoms with Crippen molar-refractivity contribution < 1.29 is 35.1 Å². The van der Waals surface area contributed by atoms with E-state index in [9.17, 15) is 13.6 Å². The van der Waals surface area contributed by atoms with Crippen LogP contribution in [0.4, 0.5) is 8.78 Å². The van der Waals surface area contributed by atoms with Gasteiger partial charge in [-0.15, -0.1) is 0 Å². The summed E-state index contributed by atoms with van der Waals surface area (Å²) in [6, 6.07) is 9.40. The zero-order chi connectivity index (χ0) is 18.3. The van der Waals surface area contributed by atoms with Gasteiger partial charge in [-0.25, -0.2) is 13.5 Å². The molecule has 142 valence electrons. The molecule has 1 aromatic heterocycles. The van der Waals surface area contributed by atoms with Gasteiger partial charge in [-0.3, -0.25) is 4.79 Å². The predicted octanol–water partition coefficient (Wildman–Crippen LogP) is 1.47. The number of Topliss-reactive ketones (excluding diaryl/α,β-unsaturated/α-hetero) is 1. The molecule has 7 heteroatoms. The molecule has 0 aliphatic carbocycles. The summed E-state index contributed by atoms with van der Waals surface area (Å²) < 4.78 is 32.0. The van der Waals surface area contributed by atoms with E-state index in [-0.39, 0.29) is 34.8 Å². The summed E-state index contributed by atoms with van der Waals surface area (Å²) in [5.74, 6) is -0.915. The first-order valence-corrected chi connectivity index (χ1v) is 9.12. The minimum absolute atomic E-state index is 0. The predicted molar refractivity (Wildman–Crippen MR) is 95.4 cm³/mol.